The number of carbonyl (C=O) groups excluding carboxylic acids is 1. The van der Waals surface area contributed by atoms with Gasteiger partial charge in [0.25, 0.3) is 5.91 Å². The van der Waals surface area contributed by atoms with Gasteiger partial charge in [-0.05, 0) is 31.9 Å². The van der Waals surface area contributed by atoms with Gasteiger partial charge in [-0.15, -0.1) is 0 Å². The number of hydrogen-bond acceptors (Lipinski definition) is 5. The number of alkyl halides is 2. The van der Waals surface area contributed by atoms with E-state index in [2.05, 4.69) is 10.1 Å². The number of amides is 1. The number of nitrogens with one attached hydrogen (secondary N) is 1. The van der Waals surface area contributed by atoms with E-state index in [0.717, 1.165) is 12.8 Å². The molecule has 1 aliphatic rings. The summed E-state index contributed by atoms with van der Waals surface area (Å²) in [5, 5.41) is 11.9. The Morgan fingerprint density at radius 3 is 2.96 bits per heavy atom. The van der Waals surface area contributed by atoms with Gasteiger partial charge in [0.1, 0.15) is 11.6 Å². The summed E-state index contributed by atoms with van der Waals surface area (Å²) in [6.45, 7) is -0.173. The molecular weight excluding hydrogens is 346 g/mol. The quantitative estimate of drug-likeness (QED) is 0.565. The van der Waals surface area contributed by atoms with Gasteiger partial charge in [-0.2, -0.15) is 14.0 Å². The van der Waals surface area contributed by atoms with E-state index in [-0.39, 0.29) is 41.9 Å². The van der Waals surface area contributed by atoms with Gasteiger partial charge in [-0.3, -0.25) is 4.79 Å². The molecule has 0 aromatic heterocycles. The molecule has 1 amide bonds. The van der Waals surface area contributed by atoms with Crippen LogP contribution in [-0.2, 0) is 9.53 Å². The average Bonchev–Trinajstić information content (AvgIpc) is 3.13. The second kappa shape index (κ2) is 9.73. The van der Waals surface area contributed by atoms with Crippen LogP contribution in [-0.4, -0.2) is 38.4 Å². The summed E-state index contributed by atoms with van der Waals surface area (Å²) < 4.78 is 40.7. The number of hydrogen-bond donors (Lipinski definition) is 1. The summed E-state index contributed by atoms with van der Waals surface area (Å²) in [7, 11) is 0. The molecule has 1 aliphatic heterocycles. The fraction of sp³-hybridized carbons (Fsp3) is 0.444. The minimum absolute atomic E-state index is 0.0714. The lowest BCUT2D eigenvalue weighted by Gasteiger charge is -2.14. The molecule has 0 saturated carbocycles. The van der Waals surface area contributed by atoms with Crippen molar-refractivity contribution in [2.45, 2.75) is 32.5 Å². The SMILES string of the molecule is CCOc1cccc(/C=C(\C#N)C(=O)NCC2CCCO2)c1OC(F)F. The Labute approximate surface area is 150 Å². The summed E-state index contributed by atoms with van der Waals surface area (Å²) in [5.41, 5.74) is -0.0733. The molecular formula is C18H20F2N2O4. The molecule has 1 aromatic carbocycles. The minimum Gasteiger partial charge on any atom is -0.490 e. The first-order valence-electron chi connectivity index (χ1n) is 8.27. The first-order valence-corrected chi connectivity index (χ1v) is 8.27. The van der Waals surface area contributed by atoms with E-state index < -0.39 is 12.5 Å². The molecule has 1 unspecified atom stereocenters. The molecule has 8 heteroatoms. The Balaban J connectivity index is 2.21. The monoisotopic (exact) mass is 366 g/mol. The van der Waals surface area contributed by atoms with Crippen molar-refractivity contribution < 1.29 is 27.8 Å². The predicted octanol–water partition coefficient (Wildman–Crippen LogP) is 2.89. The van der Waals surface area contributed by atoms with E-state index in [1.165, 1.54) is 18.2 Å². The lowest BCUT2D eigenvalue weighted by molar-refractivity contribution is -0.117. The van der Waals surface area contributed by atoms with Crippen molar-refractivity contribution in [3.8, 4) is 17.6 Å². The van der Waals surface area contributed by atoms with Gasteiger partial charge in [0.05, 0.1) is 12.7 Å². The Bertz CT molecular complexity index is 695. The van der Waals surface area contributed by atoms with Crippen molar-refractivity contribution in [3.05, 3.63) is 29.3 Å². The zero-order valence-corrected chi connectivity index (χ0v) is 14.3. The highest BCUT2D eigenvalue weighted by Gasteiger charge is 2.19. The Morgan fingerprint density at radius 2 is 2.35 bits per heavy atom. The van der Waals surface area contributed by atoms with Crippen LogP contribution in [0, 0.1) is 11.3 Å². The molecule has 1 aromatic rings. The molecule has 0 spiro atoms. The zero-order valence-electron chi connectivity index (χ0n) is 14.3. The van der Waals surface area contributed by atoms with Crippen LogP contribution in [0.5, 0.6) is 11.5 Å². The summed E-state index contributed by atoms with van der Waals surface area (Å²) in [5.74, 6) is -0.713. The van der Waals surface area contributed by atoms with Crippen molar-refractivity contribution in [2.75, 3.05) is 19.8 Å². The molecule has 1 saturated heterocycles. The molecule has 1 fully saturated rings. The van der Waals surface area contributed by atoms with E-state index in [1.807, 2.05) is 0 Å². The summed E-state index contributed by atoms with van der Waals surface area (Å²) in [6.07, 6.45) is 2.90. The molecule has 1 atom stereocenters. The highest BCUT2D eigenvalue weighted by Crippen LogP contribution is 2.34. The highest BCUT2D eigenvalue weighted by molar-refractivity contribution is 6.02. The third-order valence-corrected chi connectivity index (χ3v) is 3.70. The summed E-state index contributed by atoms with van der Waals surface area (Å²) in [6, 6.07) is 6.28. The number of benzene rings is 1. The number of carbonyl (C=O) groups is 1. The van der Waals surface area contributed by atoms with Crippen LogP contribution in [0.1, 0.15) is 25.3 Å². The minimum atomic E-state index is -3.07. The molecule has 1 heterocycles. The van der Waals surface area contributed by atoms with Gasteiger partial charge in [0.15, 0.2) is 11.5 Å². The topological polar surface area (TPSA) is 80.6 Å². The van der Waals surface area contributed by atoms with E-state index >= 15 is 0 Å². The zero-order chi connectivity index (χ0) is 18.9. The van der Waals surface area contributed by atoms with Crippen molar-refractivity contribution in [1.29, 1.82) is 5.26 Å². The van der Waals surface area contributed by atoms with Crippen LogP contribution in [0.25, 0.3) is 6.08 Å². The van der Waals surface area contributed by atoms with Gasteiger partial charge in [0.2, 0.25) is 0 Å². The van der Waals surface area contributed by atoms with Crippen LogP contribution in [0.4, 0.5) is 8.78 Å². The average molecular weight is 366 g/mol. The molecule has 2 rings (SSSR count). The lowest BCUT2D eigenvalue weighted by Crippen LogP contribution is -2.32. The molecule has 26 heavy (non-hydrogen) atoms. The fourth-order valence-corrected chi connectivity index (χ4v) is 2.54. The maximum atomic E-state index is 12.7. The third kappa shape index (κ3) is 5.43. The number of nitrogens with zero attached hydrogens (tertiary/aromatic N) is 1. The first-order chi connectivity index (χ1) is 12.5. The van der Waals surface area contributed by atoms with Gasteiger partial charge < -0.3 is 19.5 Å². The van der Waals surface area contributed by atoms with Crippen LogP contribution in [0.3, 0.4) is 0 Å². The highest BCUT2D eigenvalue weighted by atomic mass is 19.3. The molecule has 1 N–H and O–H groups in total. The number of para-hydroxylation sites is 1. The summed E-state index contributed by atoms with van der Waals surface area (Å²) in [4.78, 5) is 12.2. The Hall–Kier alpha value is -2.66. The van der Waals surface area contributed by atoms with E-state index in [4.69, 9.17) is 9.47 Å². The van der Waals surface area contributed by atoms with Crippen LogP contribution < -0.4 is 14.8 Å². The fourth-order valence-electron chi connectivity index (χ4n) is 2.54. The first kappa shape index (κ1) is 19.7. The number of halogens is 2. The van der Waals surface area contributed by atoms with Crippen LogP contribution in [0.15, 0.2) is 23.8 Å². The molecule has 0 bridgehead atoms. The molecule has 0 radical (unpaired) electrons. The normalized spacial score (nSPS) is 17.0. The van der Waals surface area contributed by atoms with Crippen LogP contribution in [0.2, 0.25) is 0 Å². The van der Waals surface area contributed by atoms with E-state index in [9.17, 15) is 18.8 Å². The standard InChI is InChI=1S/C18H20F2N2O4/c1-2-24-15-7-3-5-12(16(15)26-18(19)20)9-13(10-21)17(23)22-11-14-6-4-8-25-14/h3,5,7,9,14,18H,2,4,6,8,11H2,1H3,(H,22,23)/b13-9+. The van der Waals surface area contributed by atoms with Crippen molar-refractivity contribution in [1.82, 2.24) is 5.32 Å². The van der Waals surface area contributed by atoms with E-state index in [0.29, 0.717) is 6.61 Å². The van der Waals surface area contributed by atoms with Gasteiger partial charge in [-0.1, -0.05) is 12.1 Å². The number of rotatable bonds is 8. The Kier molecular flexibility index (Phi) is 7.36. The second-order valence-electron chi connectivity index (χ2n) is 5.50. The smallest absolute Gasteiger partial charge is 0.387 e. The lowest BCUT2D eigenvalue weighted by atomic mass is 10.1. The van der Waals surface area contributed by atoms with Gasteiger partial charge in [0, 0.05) is 18.7 Å². The van der Waals surface area contributed by atoms with Crippen molar-refractivity contribution in [2.24, 2.45) is 0 Å². The third-order valence-electron chi connectivity index (χ3n) is 3.70. The predicted molar refractivity (Wildman–Crippen MR) is 89.8 cm³/mol. The largest absolute Gasteiger partial charge is 0.490 e. The molecule has 6 nitrogen and oxygen atoms in total. The molecule has 140 valence electrons. The van der Waals surface area contributed by atoms with Gasteiger partial charge >= 0.3 is 6.61 Å². The van der Waals surface area contributed by atoms with Crippen LogP contribution >= 0.6 is 0 Å². The maximum Gasteiger partial charge on any atom is 0.387 e. The van der Waals surface area contributed by atoms with Crippen molar-refractivity contribution in [3.63, 3.8) is 0 Å². The number of ether oxygens (including phenoxy) is 3. The van der Waals surface area contributed by atoms with Crippen molar-refractivity contribution >= 4 is 12.0 Å². The summed E-state index contributed by atoms with van der Waals surface area (Å²) >= 11 is 0. The van der Waals surface area contributed by atoms with E-state index in [1.54, 1.807) is 19.1 Å². The Morgan fingerprint density at radius 1 is 1.54 bits per heavy atom. The second-order valence-corrected chi connectivity index (χ2v) is 5.50. The molecule has 0 aliphatic carbocycles. The maximum absolute atomic E-state index is 12.7. The number of nitriles is 1. The van der Waals surface area contributed by atoms with Gasteiger partial charge in [-0.25, -0.2) is 0 Å².